The van der Waals surface area contributed by atoms with Crippen LogP contribution in [0.15, 0.2) is 78.9 Å². The number of para-hydroxylation sites is 3. The third kappa shape index (κ3) is 6.07. The summed E-state index contributed by atoms with van der Waals surface area (Å²) in [4.78, 5) is 27.4. The topological polar surface area (TPSA) is 79.9 Å². The van der Waals surface area contributed by atoms with Crippen LogP contribution in [0.1, 0.15) is 19.8 Å². The van der Waals surface area contributed by atoms with Crippen LogP contribution in [0.3, 0.4) is 0 Å². The van der Waals surface area contributed by atoms with E-state index < -0.39 is 0 Å². The lowest BCUT2D eigenvalue weighted by Gasteiger charge is -2.32. The van der Waals surface area contributed by atoms with Crippen molar-refractivity contribution in [1.82, 2.24) is 4.90 Å². The van der Waals surface area contributed by atoms with E-state index in [2.05, 4.69) is 10.6 Å². The zero-order chi connectivity index (χ0) is 23.8. The highest BCUT2D eigenvalue weighted by Gasteiger charge is 2.29. The molecule has 0 radical (unpaired) electrons. The highest BCUT2D eigenvalue weighted by Crippen LogP contribution is 2.31. The Balaban J connectivity index is 1.38. The van der Waals surface area contributed by atoms with E-state index in [0.29, 0.717) is 36.9 Å². The van der Waals surface area contributed by atoms with Crippen molar-refractivity contribution >= 4 is 23.3 Å². The Hall–Kier alpha value is -4.00. The Kier molecular flexibility index (Phi) is 7.65. The van der Waals surface area contributed by atoms with Gasteiger partial charge in [-0.15, -0.1) is 0 Å². The summed E-state index contributed by atoms with van der Waals surface area (Å²) in [6.07, 6.45) is 1.49. The molecule has 1 atom stereocenters. The lowest BCUT2D eigenvalue weighted by Crippen LogP contribution is -2.45. The number of hydrogen-bond acceptors (Lipinski definition) is 4. The molecule has 3 amide bonds. The molecule has 1 saturated heterocycles. The maximum absolute atomic E-state index is 13.1. The molecule has 1 aliphatic rings. The fraction of sp³-hybridized carbons (Fsp3) is 0.259. The van der Waals surface area contributed by atoms with Crippen LogP contribution in [0.25, 0.3) is 0 Å². The first-order valence-electron chi connectivity index (χ1n) is 11.5. The Bertz CT molecular complexity index is 1100. The fourth-order valence-electron chi connectivity index (χ4n) is 3.89. The summed E-state index contributed by atoms with van der Waals surface area (Å²) in [5.74, 6) is 1.55. The molecule has 2 N–H and O–H groups in total. The lowest BCUT2D eigenvalue weighted by atomic mass is 9.97. The molecule has 0 spiro atoms. The molecule has 0 aliphatic carbocycles. The van der Waals surface area contributed by atoms with E-state index in [1.165, 1.54) is 0 Å². The number of piperidine rings is 1. The molecule has 0 saturated carbocycles. The Morgan fingerprint density at radius 3 is 2.38 bits per heavy atom. The van der Waals surface area contributed by atoms with Gasteiger partial charge in [0.2, 0.25) is 5.91 Å². The van der Waals surface area contributed by atoms with Gasteiger partial charge >= 0.3 is 6.03 Å². The predicted octanol–water partition coefficient (Wildman–Crippen LogP) is 5.76. The van der Waals surface area contributed by atoms with Crippen LogP contribution in [-0.4, -0.2) is 36.5 Å². The average molecular weight is 460 g/mol. The van der Waals surface area contributed by atoms with Crippen molar-refractivity contribution in [3.63, 3.8) is 0 Å². The second-order valence-corrected chi connectivity index (χ2v) is 8.07. The fourth-order valence-corrected chi connectivity index (χ4v) is 3.89. The number of likely N-dealkylation sites (tertiary alicyclic amines) is 1. The van der Waals surface area contributed by atoms with Crippen LogP contribution >= 0.6 is 0 Å². The summed E-state index contributed by atoms with van der Waals surface area (Å²) in [7, 11) is 0. The van der Waals surface area contributed by atoms with Crippen LogP contribution in [0, 0.1) is 5.92 Å². The molecule has 1 heterocycles. The molecule has 176 valence electrons. The SMILES string of the molecule is CCOc1ccc(Oc2ccccc2NC(=O)C2CCCN(C(=O)Nc3ccccc3)C2)cc1. The number of nitrogens with one attached hydrogen (secondary N) is 2. The number of amides is 3. The zero-order valence-corrected chi connectivity index (χ0v) is 19.2. The van der Waals surface area contributed by atoms with E-state index in [-0.39, 0.29) is 17.9 Å². The molecular formula is C27H29N3O4. The van der Waals surface area contributed by atoms with Crippen molar-refractivity contribution in [2.24, 2.45) is 5.92 Å². The van der Waals surface area contributed by atoms with E-state index >= 15 is 0 Å². The van der Waals surface area contributed by atoms with Crippen LogP contribution < -0.4 is 20.1 Å². The average Bonchev–Trinajstić information content (AvgIpc) is 2.87. The molecule has 1 fully saturated rings. The molecule has 3 aromatic rings. The number of anilines is 2. The van der Waals surface area contributed by atoms with Crippen molar-refractivity contribution in [3.8, 4) is 17.2 Å². The van der Waals surface area contributed by atoms with Gasteiger partial charge in [-0.1, -0.05) is 30.3 Å². The maximum Gasteiger partial charge on any atom is 0.321 e. The largest absolute Gasteiger partial charge is 0.494 e. The van der Waals surface area contributed by atoms with Gasteiger partial charge in [-0.3, -0.25) is 4.79 Å². The Morgan fingerprint density at radius 2 is 1.62 bits per heavy atom. The van der Waals surface area contributed by atoms with Crippen molar-refractivity contribution in [1.29, 1.82) is 0 Å². The van der Waals surface area contributed by atoms with Gasteiger partial charge in [0.1, 0.15) is 11.5 Å². The summed E-state index contributed by atoms with van der Waals surface area (Å²) < 4.78 is 11.5. The Morgan fingerprint density at radius 1 is 0.912 bits per heavy atom. The smallest absolute Gasteiger partial charge is 0.321 e. The number of ether oxygens (including phenoxy) is 2. The Labute approximate surface area is 199 Å². The van der Waals surface area contributed by atoms with E-state index in [1.807, 2.05) is 85.8 Å². The highest BCUT2D eigenvalue weighted by molar-refractivity contribution is 5.95. The van der Waals surface area contributed by atoms with Gasteiger partial charge in [0.15, 0.2) is 5.75 Å². The highest BCUT2D eigenvalue weighted by atomic mass is 16.5. The molecular weight excluding hydrogens is 430 g/mol. The summed E-state index contributed by atoms with van der Waals surface area (Å²) in [5, 5.41) is 5.89. The van der Waals surface area contributed by atoms with Gasteiger partial charge < -0.3 is 25.0 Å². The molecule has 3 aromatic carbocycles. The van der Waals surface area contributed by atoms with Gasteiger partial charge in [0.05, 0.1) is 18.2 Å². The number of benzene rings is 3. The summed E-state index contributed by atoms with van der Waals surface area (Å²) in [6, 6.07) is 23.8. The minimum absolute atomic E-state index is 0.125. The van der Waals surface area contributed by atoms with Crippen LogP contribution in [0.4, 0.5) is 16.2 Å². The quantitative estimate of drug-likeness (QED) is 0.471. The zero-order valence-electron chi connectivity index (χ0n) is 19.2. The standard InChI is InChI=1S/C27H29N3O4/c1-2-33-22-14-16-23(17-15-22)34-25-13-7-6-12-24(25)29-26(31)20-9-8-18-30(19-20)27(32)28-21-10-4-3-5-11-21/h3-7,10-17,20H,2,8-9,18-19H2,1H3,(H,28,32)(H,29,31). The van der Waals surface area contributed by atoms with Crippen LogP contribution in [-0.2, 0) is 4.79 Å². The second-order valence-electron chi connectivity index (χ2n) is 8.07. The molecule has 0 bridgehead atoms. The number of carbonyl (C=O) groups is 2. The van der Waals surface area contributed by atoms with Crippen molar-refractivity contribution < 1.29 is 19.1 Å². The van der Waals surface area contributed by atoms with Gasteiger partial charge in [-0.2, -0.15) is 0 Å². The molecule has 7 nitrogen and oxygen atoms in total. The van der Waals surface area contributed by atoms with Crippen molar-refractivity contribution in [2.45, 2.75) is 19.8 Å². The number of nitrogens with zero attached hydrogens (tertiary/aromatic N) is 1. The lowest BCUT2D eigenvalue weighted by molar-refractivity contribution is -0.121. The van der Waals surface area contributed by atoms with Gasteiger partial charge in [-0.05, 0) is 68.3 Å². The van der Waals surface area contributed by atoms with E-state index in [9.17, 15) is 9.59 Å². The molecule has 4 rings (SSSR count). The first kappa shape index (κ1) is 23.2. The third-order valence-corrected chi connectivity index (χ3v) is 5.61. The maximum atomic E-state index is 13.1. The number of carbonyl (C=O) groups excluding carboxylic acids is 2. The van der Waals surface area contributed by atoms with Gasteiger partial charge in [0, 0.05) is 18.8 Å². The van der Waals surface area contributed by atoms with Crippen LogP contribution in [0.5, 0.6) is 17.2 Å². The molecule has 0 aromatic heterocycles. The first-order chi connectivity index (χ1) is 16.6. The third-order valence-electron chi connectivity index (χ3n) is 5.61. The van der Waals surface area contributed by atoms with E-state index in [4.69, 9.17) is 9.47 Å². The van der Waals surface area contributed by atoms with E-state index in [0.717, 1.165) is 24.3 Å². The monoisotopic (exact) mass is 459 g/mol. The molecule has 1 aliphatic heterocycles. The summed E-state index contributed by atoms with van der Waals surface area (Å²) in [6.45, 7) is 3.53. The summed E-state index contributed by atoms with van der Waals surface area (Å²) >= 11 is 0. The van der Waals surface area contributed by atoms with Gasteiger partial charge in [-0.25, -0.2) is 4.79 Å². The normalized spacial score (nSPS) is 15.3. The molecule has 7 heteroatoms. The molecule has 1 unspecified atom stereocenters. The van der Waals surface area contributed by atoms with Gasteiger partial charge in [0.25, 0.3) is 0 Å². The number of urea groups is 1. The van der Waals surface area contributed by atoms with Crippen molar-refractivity contribution in [3.05, 3.63) is 78.9 Å². The predicted molar refractivity (Wildman–Crippen MR) is 133 cm³/mol. The summed E-state index contributed by atoms with van der Waals surface area (Å²) in [5.41, 5.74) is 1.33. The minimum Gasteiger partial charge on any atom is -0.494 e. The number of hydrogen-bond donors (Lipinski definition) is 2. The van der Waals surface area contributed by atoms with E-state index in [1.54, 1.807) is 4.90 Å². The van der Waals surface area contributed by atoms with Crippen LogP contribution in [0.2, 0.25) is 0 Å². The first-order valence-corrected chi connectivity index (χ1v) is 11.5. The van der Waals surface area contributed by atoms with Crippen molar-refractivity contribution in [2.75, 3.05) is 30.3 Å². The minimum atomic E-state index is -0.297. The number of rotatable bonds is 7. The molecule has 34 heavy (non-hydrogen) atoms. The second kappa shape index (κ2) is 11.2.